The van der Waals surface area contributed by atoms with Gasteiger partial charge in [0.15, 0.2) is 5.76 Å². The number of aryl methyl sites for hydroxylation is 1. The zero-order valence-corrected chi connectivity index (χ0v) is 16.1. The number of nitrogens with zero attached hydrogens (tertiary/aromatic N) is 2. The van der Waals surface area contributed by atoms with Gasteiger partial charge in [0.25, 0.3) is 5.91 Å². The van der Waals surface area contributed by atoms with E-state index in [0.29, 0.717) is 13.1 Å². The molecular weight excluding hydrogens is 356 g/mol. The first-order valence-electron chi connectivity index (χ1n) is 9.20. The predicted octanol–water partition coefficient (Wildman–Crippen LogP) is 2.58. The normalized spacial score (nSPS) is 10.6. The van der Waals surface area contributed by atoms with Gasteiger partial charge in [-0.3, -0.25) is 14.3 Å². The molecule has 28 heavy (non-hydrogen) atoms. The summed E-state index contributed by atoms with van der Waals surface area (Å²) < 4.78 is 6.96. The molecule has 7 heteroatoms. The molecule has 0 spiro atoms. The summed E-state index contributed by atoms with van der Waals surface area (Å²) in [5, 5.41) is 10.2. The molecule has 0 saturated carbocycles. The van der Waals surface area contributed by atoms with Gasteiger partial charge in [0.2, 0.25) is 5.91 Å². The number of nitrogens with one attached hydrogen (secondary N) is 2. The molecule has 2 aromatic heterocycles. The third kappa shape index (κ3) is 4.88. The van der Waals surface area contributed by atoms with Crippen LogP contribution in [0.4, 0.5) is 0 Å². The Bertz CT molecular complexity index is 930. The molecule has 1 aromatic carbocycles. The van der Waals surface area contributed by atoms with Crippen LogP contribution in [0.2, 0.25) is 0 Å². The number of aromatic nitrogens is 2. The van der Waals surface area contributed by atoms with Crippen LogP contribution in [-0.4, -0.2) is 28.1 Å². The number of hydrogen-bond acceptors (Lipinski definition) is 4. The van der Waals surface area contributed by atoms with Gasteiger partial charge >= 0.3 is 0 Å². The van der Waals surface area contributed by atoms with Crippen molar-refractivity contribution >= 4 is 11.8 Å². The maximum absolute atomic E-state index is 12.1. The molecule has 3 rings (SSSR count). The van der Waals surface area contributed by atoms with Crippen LogP contribution in [0.15, 0.2) is 53.1 Å². The molecule has 2 heterocycles. The molecule has 2 N–H and O–H groups in total. The quantitative estimate of drug-likeness (QED) is 0.629. The summed E-state index contributed by atoms with van der Waals surface area (Å²) >= 11 is 0. The minimum Gasteiger partial charge on any atom is -0.459 e. The van der Waals surface area contributed by atoms with Crippen molar-refractivity contribution in [2.24, 2.45) is 0 Å². The van der Waals surface area contributed by atoms with E-state index in [9.17, 15) is 9.59 Å². The molecule has 0 unspecified atom stereocenters. The lowest BCUT2D eigenvalue weighted by Gasteiger charge is -2.08. The van der Waals surface area contributed by atoms with E-state index in [1.165, 1.54) is 11.8 Å². The lowest BCUT2D eigenvalue weighted by atomic mass is 10.2. The Morgan fingerprint density at radius 1 is 1.07 bits per heavy atom. The minimum atomic E-state index is -0.327. The molecule has 0 bridgehead atoms. The van der Waals surface area contributed by atoms with Crippen molar-refractivity contribution in [1.82, 2.24) is 20.4 Å². The summed E-state index contributed by atoms with van der Waals surface area (Å²) in [4.78, 5) is 23.9. The van der Waals surface area contributed by atoms with Crippen molar-refractivity contribution in [3.63, 3.8) is 0 Å². The number of hydrogen-bond donors (Lipinski definition) is 2. The van der Waals surface area contributed by atoms with Crippen molar-refractivity contribution in [2.45, 2.75) is 33.4 Å². The maximum Gasteiger partial charge on any atom is 0.286 e. The molecule has 0 aliphatic heterocycles. The van der Waals surface area contributed by atoms with Crippen LogP contribution in [0.3, 0.4) is 0 Å². The van der Waals surface area contributed by atoms with Gasteiger partial charge in [0.05, 0.1) is 18.5 Å². The van der Waals surface area contributed by atoms with Crippen LogP contribution >= 0.6 is 0 Å². The fourth-order valence-electron chi connectivity index (χ4n) is 2.96. The van der Waals surface area contributed by atoms with E-state index >= 15 is 0 Å². The Morgan fingerprint density at radius 3 is 2.57 bits per heavy atom. The molecule has 146 valence electrons. The van der Waals surface area contributed by atoms with E-state index < -0.39 is 0 Å². The summed E-state index contributed by atoms with van der Waals surface area (Å²) in [6.07, 6.45) is 1.63. The first-order valence-corrected chi connectivity index (χ1v) is 9.20. The van der Waals surface area contributed by atoms with Crippen LogP contribution in [0.1, 0.15) is 39.5 Å². The van der Waals surface area contributed by atoms with Gasteiger partial charge in [-0.15, -0.1) is 0 Å². The largest absolute Gasteiger partial charge is 0.459 e. The number of benzene rings is 1. The average molecular weight is 380 g/mol. The molecule has 0 aliphatic carbocycles. The number of amides is 2. The SMILES string of the molecule is Cc1nn(Cc2ccccc2)c(C)c1CNC(=O)CCNC(=O)c1ccco1. The molecule has 0 fully saturated rings. The van der Waals surface area contributed by atoms with Crippen molar-refractivity contribution in [3.05, 3.63) is 77.0 Å². The second kappa shape index (κ2) is 9.03. The predicted molar refractivity (Wildman–Crippen MR) is 105 cm³/mol. The van der Waals surface area contributed by atoms with Gasteiger partial charge < -0.3 is 15.1 Å². The molecule has 0 radical (unpaired) electrons. The van der Waals surface area contributed by atoms with Gasteiger partial charge in [-0.05, 0) is 31.5 Å². The van der Waals surface area contributed by atoms with Gasteiger partial charge in [-0.25, -0.2) is 0 Å². The highest BCUT2D eigenvalue weighted by Crippen LogP contribution is 2.14. The second-order valence-electron chi connectivity index (χ2n) is 6.55. The number of furan rings is 1. The van der Waals surface area contributed by atoms with Crippen molar-refractivity contribution in [3.8, 4) is 0 Å². The van der Waals surface area contributed by atoms with E-state index in [1.54, 1.807) is 12.1 Å². The maximum atomic E-state index is 12.1. The molecule has 3 aromatic rings. The van der Waals surface area contributed by atoms with E-state index in [2.05, 4.69) is 27.9 Å². The first kappa shape index (κ1) is 19.4. The monoisotopic (exact) mass is 380 g/mol. The topological polar surface area (TPSA) is 89.2 Å². The summed E-state index contributed by atoms with van der Waals surface area (Å²) in [5.74, 6) is -0.224. The minimum absolute atomic E-state index is 0.130. The van der Waals surface area contributed by atoms with Gasteiger partial charge in [-0.1, -0.05) is 30.3 Å². The summed E-state index contributed by atoms with van der Waals surface area (Å²) in [5.41, 5.74) is 4.13. The Morgan fingerprint density at radius 2 is 1.86 bits per heavy atom. The molecule has 0 saturated heterocycles. The highest BCUT2D eigenvalue weighted by molar-refractivity contribution is 5.91. The number of carbonyl (C=O) groups excluding carboxylic acids is 2. The van der Waals surface area contributed by atoms with Crippen LogP contribution in [-0.2, 0) is 17.9 Å². The lowest BCUT2D eigenvalue weighted by Crippen LogP contribution is -2.30. The van der Waals surface area contributed by atoms with E-state index in [0.717, 1.165) is 17.0 Å². The van der Waals surface area contributed by atoms with Crippen LogP contribution in [0.5, 0.6) is 0 Å². The Labute approximate surface area is 163 Å². The third-order valence-electron chi connectivity index (χ3n) is 4.55. The highest BCUT2D eigenvalue weighted by Gasteiger charge is 2.13. The number of rotatable bonds is 8. The Balaban J connectivity index is 1.48. The van der Waals surface area contributed by atoms with Crippen LogP contribution in [0, 0.1) is 13.8 Å². The number of carbonyl (C=O) groups is 2. The van der Waals surface area contributed by atoms with Crippen molar-refractivity contribution in [1.29, 1.82) is 0 Å². The van der Waals surface area contributed by atoms with E-state index in [1.807, 2.05) is 36.7 Å². The van der Waals surface area contributed by atoms with Crippen LogP contribution in [0.25, 0.3) is 0 Å². The van der Waals surface area contributed by atoms with Crippen LogP contribution < -0.4 is 10.6 Å². The van der Waals surface area contributed by atoms with Gasteiger partial charge in [0.1, 0.15) is 0 Å². The molecular formula is C21H24N4O3. The van der Waals surface area contributed by atoms with Gasteiger partial charge in [0, 0.05) is 30.8 Å². The Kier molecular flexibility index (Phi) is 6.26. The second-order valence-corrected chi connectivity index (χ2v) is 6.55. The molecule has 0 atom stereocenters. The molecule has 0 aliphatic rings. The highest BCUT2D eigenvalue weighted by atomic mass is 16.3. The van der Waals surface area contributed by atoms with E-state index in [4.69, 9.17) is 4.42 Å². The fraction of sp³-hybridized carbons (Fsp3) is 0.286. The first-order chi connectivity index (χ1) is 13.5. The van der Waals surface area contributed by atoms with Gasteiger partial charge in [-0.2, -0.15) is 5.10 Å². The zero-order valence-electron chi connectivity index (χ0n) is 16.1. The summed E-state index contributed by atoms with van der Waals surface area (Å²) in [7, 11) is 0. The molecule has 7 nitrogen and oxygen atoms in total. The third-order valence-corrected chi connectivity index (χ3v) is 4.55. The fourth-order valence-corrected chi connectivity index (χ4v) is 2.96. The van der Waals surface area contributed by atoms with Crippen molar-refractivity contribution < 1.29 is 14.0 Å². The Hall–Kier alpha value is -3.35. The van der Waals surface area contributed by atoms with Crippen molar-refractivity contribution in [2.75, 3.05) is 6.54 Å². The van der Waals surface area contributed by atoms with E-state index in [-0.39, 0.29) is 30.5 Å². The summed E-state index contributed by atoms with van der Waals surface area (Å²) in [6.45, 7) is 5.31. The average Bonchev–Trinajstić information content (AvgIpc) is 3.31. The summed E-state index contributed by atoms with van der Waals surface area (Å²) in [6, 6.07) is 13.4. The standard InChI is InChI=1S/C21H24N4O3/c1-15-18(16(2)25(24-15)14-17-7-4-3-5-8-17)13-23-20(26)10-11-22-21(27)19-9-6-12-28-19/h3-9,12H,10-11,13-14H2,1-2H3,(H,22,27)(H,23,26). The molecule has 2 amide bonds. The lowest BCUT2D eigenvalue weighted by molar-refractivity contribution is -0.121. The zero-order chi connectivity index (χ0) is 19.9. The smallest absolute Gasteiger partial charge is 0.286 e.